The third-order valence-corrected chi connectivity index (χ3v) is 4.61. The molecule has 2 aliphatic rings. The molecule has 1 aliphatic heterocycles. The van der Waals surface area contributed by atoms with Crippen LogP contribution in [-0.4, -0.2) is 35.1 Å². The van der Waals surface area contributed by atoms with Crippen LogP contribution < -0.4 is 5.32 Å². The summed E-state index contributed by atoms with van der Waals surface area (Å²) in [5.41, 5.74) is 1.31. The van der Waals surface area contributed by atoms with Crippen LogP contribution in [0.2, 0.25) is 0 Å². The zero-order valence-corrected chi connectivity index (χ0v) is 11.8. The molecular formula is C17H21N3. The first-order valence-corrected chi connectivity index (χ1v) is 7.69. The Balaban J connectivity index is 1.43. The highest BCUT2D eigenvalue weighted by Gasteiger charge is 2.34. The van der Waals surface area contributed by atoms with Gasteiger partial charge in [-0.1, -0.05) is 24.3 Å². The normalized spacial score (nSPS) is 23.5. The second-order valence-electron chi connectivity index (χ2n) is 6.11. The molecule has 1 saturated heterocycles. The van der Waals surface area contributed by atoms with E-state index >= 15 is 0 Å². The Bertz CT molecular complexity index is 601. The molecular weight excluding hydrogens is 246 g/mol. The van der Waals surface area contributed by atoms with E-state index in [-0.39, 0.29) is 0 Å². The number of aromatic nitrogens is 1. The van der Waals surface area contributed by atoms with Crippen molar-refractivity contribution >= 4 is 10.8 Å². The third-order valence-electron chi connectivity index (χ3n) is 4.61. The van der Waals surface area contributed by atoms with Gasteiger partial charge in [-0.15, -0.1) is 0 Å². The van der Waals surface area contributed by atoms with Crippen molar-refractivity contribution in [2.24, 2.45) is 0 Å². The summed E-state index contributed by atoms with van der Waals surface area (Å²) in [5, 5.41) is 6.28. The maximum atomic E-state index is 4.36. The van der Waals surface area contributed by atoms with Gasteiger partial charge in [-0.25, -0.2) is 0 Å². The fourth-order valence-corrected chi connectivity index (χ4v) is 3.30. The Morgan fingerprint density at radius 3 is 2.95 bits per heavy atom. The van der Waals surface area contributed by atoms with Gasteiger partial charge >= 0.3 is 0 Å². The topological polar surface area (TPSA) is 28.2 Å². The molecule has 3 nitrogen and oxygen atoms in total. The molecule has 0 amide bonds. The van der Waals surface area contributed by atoms with Crippen molar-refractivity contribution in [3.05, 3.63) is 42.2 Å². The van der Waals surface area contributed by atoms with Crippen molar-refractivity contribution in [1.29, 1.82) is 0 Å². The van der Waals surface area contributed by atoms with Gasteiger partial charge in [-0.3, -0.25) is 9.88 Å². The molecule has 104 valence electrons. The lowest BCUT2D eigenvalue weighted by atomic mass is 10.1. The summed E-state index contributed by atoms with van der Waals surface area (Å²) >= 11 is 0. The van der Waals surface area contributed by atoms with E-state index < -0.39 is 0 Å². The molecule has 4 rings (SSSR count). The van der Waals surface area contributed by atoms with Crippen molar-refractivity contribution in [3.63, 3.8) is 0 Å². The summed E-state index contributed by atoms with van der Waals surface area (Å²) in [7, 11) is 0. The average molecular weight is 267 g/mol. The van der Waals surface area contributed by atoms with Gasteiger partial charge in [0.25, 0.3) is 0 Å². The first kappa shape index (κ1) is 12.3. The van der Waals surface area contributed by atoms with E-state index in [9.17, 15) is 0 Å². The predicted octanol–water partition coefficient (Wildman–Crippen LogP) is 2.56. The molecule has 1 saturated carbocycles. The van der Waals surface area contributed by atoms with Gasteiger partial charge in [0, 0.05) is 49.5 Å². The maximum absolute atomic E-state index is 4.36. The minimum absolute atomic E-state index is 0.648. The van der Waals surface area contributed by atoms with E-state index in [4.69, 9.17) is 0 Å². The molecule has 0 spiro atoms. The van der Waals surface area contributed by atoms with Crippen LogP contribution in [0.25, 0.3) is 10.8 Å². The van der Waals surface area contributed by atoms with Gasteiger partial charge in [0.05, 0.1) is 0 Å². The molecule has 0 bridgehead atoms. The highest BCUT2D eigenvalue weighted by atomic mass is 15.2. The Morgan fingerprint density at radius 1 is 1.15 bits per heavy atom. The lowest BCUT2D eigenvalue weighted by Gasteiger charge is -2.16. The fraction of sp³-hybridized carbons (Fsp3) is 0.471. The Hall–Kier alpha value is -1.45. The summed E-state index contributed by atoms with van der Waals surface area (Å²) in [4.78, 5) is 7.01. The maximum Gasteiger partial charge on any atom is 0.0346 e. The first-order chi connectivity index (χ1) is 9.90. The van der Waals surface area contributed by atoms with Crippen molar-refractivity contribution < 1.29 is 0 Å². The standard InChI is InChI=1S/C17H21N3/c1-2-4-17-13(3-1)9-18-10-14(17)11-19-15-7-8-20(12-15)16-5-6-16/h1-4,9-10,15-16,19H,5-8,11-12H2. The highest BCUT2D eigenvalue weighted by molar-refractivity contribution is 5.84. The molecule has 1 aromatic carbocycles. The van der Waals surface area contributed by atoms with E-state index in [1.165, 1.54) is 48.7 Å². The summed E-state index contributed by atoms with van der Waals surface area (Å²) < 4.78 is 0. The van der Waals surface area contributed by atoms with Crippen LogP contribution >= 0.6 is 0 Å². The third kappa shape index (κ3) is 2.43. The molecule has 1 atom stereocenters. The van der Waals surface area contributed by atoms with Crippen LogP contribution in [0.1, 0.15) is 24.8 Å². The molecule has 1 aliphatic carbocycles. The van der Waals surface area contributed by atoms with Crippen LogP contribution in [0.15, 0.2) is 36.7 Å². The number of fused-ring (bicyclic) bond motifs is 1. The predicted molar refractivity (Wildman–Crippen MR) is 81.6 cm³/mol. The van der Waals surface area contributed by atoms with Crippen molar-refractivity contribution in [1.82, 2.24) is 15.2 Å². The number of pyridine rings is 1. The minimum Gasteiger partial charge on any atom is -0.309 e. The van der Waals surface area contributed by atoms with E-state index in [1.807, 2.05) is 12.4 Å². The van der Waals surface area contributed by atoms with Crippen LogP contribution in [-0.2, 0) is 6.54 Å². The van der Waals surface area contributed by atoms with E-state index in [0.717, 1.165) is 12.6 Å². The van der Waals surface area contributed by atoms with Crippen molar-refractivity contribution in [2.45, 2.75) is 37.9 Å². The van der Waals surface area contributed by atoms with Gasteiger partial charge in [-0.05, 0) is 30.2 Å². The van der Waals surface area contributed by atoms with Crippen LogP contribution in [0.3, 0.4) is 0 Å². The van der Waals surface area contributed by atoms with Gasteiger partial charge < -0.3 is 5.32 Å². The first-order valence-electron chi connectivity index (χ1n) is 7.69. The Labute approximate surface area is 120 Å². The lowest BCUT2D eigenvalue weighted by Crippen LogP contribution is -2.32. The quantitative estimate of drug-likeness (QED) is 0.923. The van der Waals surface area contributed by atoms with Crippen molar-refractivity contribution in [2.75, 3.05) is 13.1 Å². The molecule has 3 heteroatoms. The van der Waals surface area contributed by atoms with Gasteiger partial charge in [-0.2, -0.15) is 0 Å². The number of nitrogens with zero attached hydrogens (tertiary/aromatic N) is 2. The van der Waals surface area contributed by atoms with Gasteiger partial charge in [0.15, 0.2) is 0 Å². The summed E-state index contributed by atoms with van der Waals surface area (Å²) in [6.07, 6.45) is 8.07. The number of hydrogen-bond donors (Lipinski definition) is 1. The van der Waals surface area contributed by atoms with E-state index in [1.54, 1.807) is 0 Å². The molecule has 0 radical (unpaired) electrons. The molecule has 1 aromatic heterocycles. The zero-order valence-electron chi connectivity index (χ0n) is 11.8. The summed E-state index contributed by atoms with van der Waals surface area (Å²) in [6, 6.07) is 10.1. The molecule has 20 heavy (non-hydrogen) atoms. The summed E-state index contributed by atoms with van der Waals surface area (Å²) in [6.45, 7) is 3.43. The SMILES string of the molecule is c1ccc2c(CNC3CCN(C4CC4)C3)cncc2c1. The lowest BCUT2D eigenvalue weighted by molar-refractivity contribution is 0.317. The Kier molecular flexibility index (Phi) is 3.17. The minimum atomic E-state index is 0.648. The second kappa shape index (κ2) is 5.15. The monoisotopic (exact) mass is 267 g/mol. The highest BCUT2D eigenvalue weighted by Crippen LogP contribution is 2.29. The average Bonchev–Trinajstić information content (AvgIpc) is 3.24. The largest absolute Gasteiger partial charge is 0.309 e. The Morgan fingerprint density at radius 2 is 2.05 bits per heavy atom. The van der Waals surface area contributed by atoms with Gasteiger partial charge in [0.1, 0.15) is 0 Å². The zero-order chi connectivity index (χ0) is 13.4. The molecule has 1 unspecified atom stereocenters. The molecule has 1 N–H and O–H groups in total. The molecule has 2 fully saturated rings. The van der Waals surface area contributed by atoms with Gasteiger partial charge in [0.2, 0.25) is 0 Å². The number of likely N-dealkylation sites (tertiary alicyclic amines) is 1. The molecule has 2 aromatic rings. The summed E-state index contributed by atoms with van der Waals surface area (Å²) in [5.74, 6) is 0. The van der Waals surface area contributed by atoms with Crippen molar-refractivity contribution in [3.8, 4) is 0 Å². The fourth-order valence-electron chi connectivity index (χ4n) is 3.30. The van der Waals surface area contributed by atoms with E-state index in [0.29, 0.717) is 6.04 Å². The number of rotatable bonds is 4. The van der Waals surface area contributed by atoms with E-state index in [2.05, 4.69) is 39.5 Å². The number of hydrogen-bond acceptors (Lipinski definition) is 3. The number of benzene rings is 1. The number of nitrogens with one attached hydrogen (secondary N) is 1. The molecule has 2 heterocycles. The van der Waals surface area contributed by atoms with Crippen LogP contribution in [0.5, 0.6) is 0 Å². The second-order valence-corrected chi connectivity index (χ2v) is 6.11. The van der Waals surface area contributed by atoms with Crippen LogP contribution in [0, 0.1) is 0 Å². The smallest absolute Gasteiger partial charge is 0.0346 e. The van der Waals surface area contributed by atoms with Crippen LogP contribution in [0.4, 0.5) is 0 Å².